The molecule has 1 fully saturated rings. The fraction of sp³-hybridized carbons (Fsp3) is 0.889. The van der Waals surface area contributed by atoms with E-state index in [0.717, 1.165) is 12.8 Å². The largest absolute Gasteiger partial charge is 0.401 e. The van der Waals surface area contributed by atoms with Crippen LogP contribution in [0.2, 0.25) is 0 Å². The summed E-state index contributed by atoms with van der Waals surface area (Å²) < 4.78 is 36.8. The van der Waals surface area contributed by atoms with Crippen LogP contribution in [0, 0.1) is 5.92 Å². The molecule has 0 heterocycles. The summed E-state index contributed by atoms with van der Waals surface area (Å²) in [4.78, 5) is 12.4. The Morgan fingerprint density at radius 1 is 1.56 bits per heavy atom. The second kappa shape index (κ2) is 5.01. The fourth-order valence-corrected chi connectivity index (χ4v) is 1.59. The standard InChI is InChI=1S/C9H16F3N3O/c1-6(8(16)14-13)4-15(7-2-3-7)5-9(10,11)12/h6-7H,2-5,13H2,1H3,(H,14,16). The Hall–Kier alpha value is -0.820. The molecule has 0 aliphatic heterocycles. The quantitative estimate of drug-likeness (QED) is 0.420. The average Bonchev–Trinajstić information content (AvgIpc) is 2.96. The van der Waals surface area contributed by atoms with Gasteiger partial charge in [0.25, 0.3) is 0 Å². The van der Waals surface area contributed by atoms with Gasteiger partial charge < -0.3 is 0 Å². The minimum absolute atomic E-state index is 0.0327. The van der Waals surface area contributed by atoms with Crippen LogP contribution < -0.4 is 11.3 Å². The number of rotatable bonds is 5. The van der Waals surface area contributed by atoms with E-state index >= 15 is 0 Å². The maximum atomic E-state index is 12.3. The molecule has 4 nitrogen and oxygen atoms in total. The number of nitrogens with zero attached hydrogens (tertiary/aromatic N) is 1. The van der Waals surface area contributed by atoms with Crippen LogP contribution in [0.3, 0.4) is 0 Å². The lowest BCUT2D eigenvalue weighted by molar-refractivity contribution is -0.150. The molecule has 0 aromatic carbocycles. The zero-order valence-corrected chi connectivity index (χ0v) is 9.05. The normalized spacial score (nSPS) is 18.6. The van der Waals surface area contributed by atoms with Crippen molar-refractivity contribution in [2.45, 2.75) is 32.0 Å². The molecule has 7 heteroatoms. The van der Waals surface area contributed by atoms with Crippen LogP contribution in [-0.2, 0) is 4.79 Å². The second-order valence-corrected chi connectivity index (χ2v) is 4.19. The number of nitrogens with one attached hydrogen (secondary N) is 1. The van der Waals surface area contributed by atoms with Gasteiger partial charge in [-0.3, -0.25) is 15.1 Å². The summed E-state index contributed by atoms with van der Waals surface area (Å²) in [6.07, 6.45) is -2.68. The third kappa shape index (κ3) is 4.36. The van der Waals surface area contributed by atoms with Crippen molar-refractivity contribution in [3.63, 3.8) is 0 Å². The van der Waals surface area contributed by atoms with Crippen molar-refractivity contribution in [3.8, 4) is 0 Å². The van der Waals surface area contributed by atoms with E-state index in [2.05, 4.69) is 0 Å². The van der Waals surface area contributed by atoms with E-state index < -0.39 is 24.5 Å². The topological polar surface area (TPSA) is 58.4 Å². The molecule has 0 bridgehead atoms. The van der Waals surface area contributed by atoms with Crippen LogP contribution in [0.25, 0.3) is 0 Å². The smallest absolute Gasteiger partial charge is 0.294 e. The number of hydrogen-bond acceptors (Lipinski definition) is 3. The first-order valence-corrected chi connectivity index (χ1v) is 5.14. The highest BCUT2D eigenvalue weighted by atomic mass is 19.4. The molecule has 1 aliphatic carbocycles. The monoisotopic (exact) mass is 239 g/mol. The Morgan fingerprint density at radius 3 is 2.50 bits per heavy atom. The first-order valence-electron chi connectivity index (χ1n) is 5.14. The number of nitrogens with two attached hydrogens (primary N) is 1. The van der Waals surface area contributed by atoms with Gasteiger partial charge >= 0.3 is 6.18 Å². The van der Waals surface area contributed by atoms with Gasteiger partial charge in [0.15, 0.2) is 0 Å². The Morgan fingerprint density at radius 2 is 2.12 bits per heavy atom. The molecule has 1 saturated carbocycles. The summed E-state index contributed by atoms with van der Waals surface area (Å²) in [7, 11) is 0. The molecule has 0 aromatic rings. The van der Waals surface area contributed by atoms with Crippen LogP contribution >= 0.6 is 0 Å². The molecule has 1 rings (SSSR count). The van der Waals surface area contributed by atoms with E-state index in [0.29, 0.717) is 0 Å². The SMILES string of the molecule is CC(CN(CC(F)(F)F)C1CC1)C(=O)NN. The van der Waals surface area contributed by atoms with Crippen molar-refractivity contribution >= 4 is 5.91 Å². The summed E-state index contributed by atoms with van der Waals surface area (Å²) in [5.74, 6) is 3.96. The van der Waals surface area contributed by atoms with Gasteiger partial charge in [0.1, 0.15) is 0 Å². The van der Waals surface area contributed by atoms with Crippen molar-refractivity contribution in [1.29, 1.82) is 0 Å². The highest BCUT2D eigenvalue weighted by Crippen LogP contribution is 2.30. The van der Waals surface area contributed by atoms with E-state index in [1.165, 1.54) is 4.90 Å². The maximum absolute atomic E-state index is 12.3. The van der Waals surface area contributed by atoms with E-state index in [9.17, 15) is 18.0 Å². The first-order chi connectivity index (χ1) is 7.33. The molecule has 1 unspecified atom stereocenters. The molecule has 0 radical (unpaired) electrons. The molecule has 0 aromatic heterocycles. The molecule has 16 heavy (non-hydrogen) atoms. The summed E-state index contributed by atoms with van der Waals surface area (Å²) in [6, 6.07) is -0.0327. The molecule has 1 atom stereocenters. The Labute approximate surface area is 91.9 Å². The van der Waals surface area contributed by atoms with Crippen molar-refractivity contribution in [2.75, 3.05) is 13.1 Å². The van der Waals surface area contributed by atoms with Gasteiger partial charge in [0.05, 0.1) is 6.54 Å². The third-order valence-corrected chi connectivity index (χ3v) is 2.54. The molecule has 1 amide bonds. The number of alkyl halides is 3. The van der Waals surface area contributed by atoms with Gasteiger partial charge in [-0.2, -0.15) is 13.2 Å². The van der Waals surface area contributed by atoms with Crippen LogP contribution in [-0.4, -0.2) is 36.1 Å². The van der Waals surface area contributed by atoms with Crippen molar-refractivity contribution in [1.82, 2.24) is 10.3 Å². The number of carbonyl (C=O) groups excluding carboxylic acids is 1. The Balaban J connectivity index is 2.48. The van der Waals surface area contributed by atoms with Crippen LogP contribution in [0.15, 0.2) is 0 Å². The number of hydrazine groups is 1. The second-order valence-electron chi connectivity index (χ2n) is 4.19. The highest BCUT2D eigenvalue weighted by molar-refractivity contribution is 5.77. The molecular formula is C9H16F3N3O. The van der Waals surface area contributed by atoms with Crippen LogP contribution in [0.4, 0.5) is 13.2 Å². The molecule has 0 spiro atoms. The lowest BCUT2D eigenvalue weighted by atomic mass is 10.1. The predicted octanol–water partition coefficient (Wildman–Crippen LogP) is 0.639. The molecule has 0 saturated heterocycles. The van der Waals surface area contributed by atoms with E-state index in [1.54, 1.807) is 6.92 Å². The van der Waals surface area contributed by atoms with E-state index in [-0.39, 0.29) is 12.6 Å². The summed E-state index contributed by atoms with van der Waals surface area (Å²) >= 11 is 0. The summed E-state index contributed by atoms with van der Waals surface area (Å²) in [6.45, 7) is 0.695. The predicted molar refractivity (Wildman–Crippen MR) is 52.1 cm³/mol. The highest BCUT2D eigenvalue weighted by Gasteiger charge is 2.38. The molecular weight excluding hydrogens is 223 g/mol. The number of amides is 1. The van der Waals surface area contributed by atoms with Gasteiger partial charge in [-0.25, -0.2) is 5.84 Å². The third-order valence-electron chi connectivity index (χ3n) is 2.54. The molecule has 94 valence electrons. The van der Waals surface area contributed by atoms with Crippen LogP contribution in [0.1, 0.15) is 19.8 Å². The van der Waals surface area contributed by atoms with Crippen molar-refractivity contribution < 1.29 is 18.0 Å². The van der Waals surface area contributed by atoms with Gasteiger partial charge in [0, 0.05) is 18.5 Å². The van der Waals surface area contributed by atoms with Gasteiger partial charge in [-0.05, 0) is 12.8 Å². The fourth-order valence-electron chi connectivity index (χ4n) is 1.59. The summed E-state index contributed by atoms with van der Waals surface area (Å²) in [5.41, 5.74) is 1.95. The van der Waals surface area contributed by atoms with Gasteiger partial charge in [-0.15, -0.1) is 0 Å². The van der Waals surface area contributed by atoms with Crippen molar-refractivity contribution in [2.24, 2.45) is 11.8 Å². The van der Waals surface area contributed by atoms with Gasteiger partial charge in [-0.1, -0.05) is 6.92 Å². The van der Waals surface area contributed by atoms with Gasteiger partial charge in [0.2, 0.25) is 5.91 Å². The van der Waals surface area contributed by atoms with E-state index in [4.69, 9.17) is 5.84 Å². The molecule has 1 aliphatic rings. The number of halogens is 3. The van der Waals surface area contributed by atoms with Crippen molar-refractivity contribution in [3.05, 3.63) is 0 Å². The summed E-state index contributed by atoms with van der Waals surface area (Å²) in [5, 5.41) is 0. The lowest BCUT2D eigenvalue weighted by Gasteiger charge is -2.25. The lowest BCUT2D eigenvalue weighted by Crippen LogP contribution is -2.44. The minimum atomic E-state index is -4.22. The average molecular weight is 239 g/mol. The zero-order valence-electron chi connectivity index (χ0n) is 9.05. The van der Waals surface area contributed by atoms with E-state index in [1.807, 2.05) is 5.43 Å². The zero-order chi connectivity index (χ0) is 12.3. The number of hydrogen-bond donors (Lipinski definition) is 2. The first kappa shape index (κ1) is 13.2. The number of carbonyl (C=O) groups is 1. The Bertz CT molecular complexity index is 253. The molecule has 3 N–H and O–H groups in total. The van der Waals surface area contributed by atoms with Crippen LogP contribution in [0.5, 0.6) is 0 Å². The Kier molecular flexibility index (Phi) is 4.15. The minimum Gasteiger partial charge on any atom is -0.294 e. The maximum Gasteiger partial charge on any atom is 0.401 e.